The van der Waals surface area contributed by atoms with Crippen LogP contribution in [0.5, 0.6) is 0 Å². The maximum atomic E-state index is 6.58. The highest BCUT2D eigenvalue weighted by atomic mass is 16.3. The standard InChI is InChI=1S/C57H35NO/c1-3-17-40-36(14-1)16-13-27-54(40)58(53-26-12-8-18-41(53)38-29-33-55-48(34-38)47-31-28-37-15-2-4-19-42(37)56(47)59-55)39-30-32-46-45-22-7-11-25-51(45)57(52(46)35-39)49-23-9-5-20-43(49)44-21-6-10-24-50(44)57/h1-35H. The molecule has 10 aromatic carbocycles. The highest BCUT2D eigenvalue weighted by Gasteiger charge is 2.51. The van der Waals surface area contributed by atoms with E-state index in [9.17, 15) is 0 Å². The molecule has 0 aliphatic heterocycles. The lowest BCUT2D eigenvalue weighted by atomic mass is 9.70. The van der Waals surface area contributed by atoms with Gasteiger partial charge in [0.05, 0.1) is 16.8 Å². The van der Waals surface area contributed by atoms with Crippen LogP contribution in [0.3, 0.4) is 0 Å². The van der Waals surface area contributed by atoms with Crippen molar-refractivity contribution in [2.75, 3.05) is 4.90 Å². The predicted octanol–water partition coefficient (Wildman–Crippen LogP) is 15.4. The molecule has 0 atom stereocenters. The largest absolute Gasteiger partial charge is 0.455 e. The molecule has 1 spiro atoms. The van der Waals surface area contributed by atoms with E-state index in [4.69, 9.17) is 4.42 Å². The van der Waals surface area contributed by atoms with Gasteiger partial charge in [-0.3, -0.25) is 0 Å². The fourth-order valence-electron chi connectivity index (χ4n) is 10.6. The van der Waals surface area contributed by atoms with Crippen LogP contribution in [0.1, 0.15) is 22.3 Å². The van der Waals surface area contributed by atoms with Crippen LogP contribution in [0.2, 0.25) is 0 Å². The Bertz CT molecular complexity index is 3470. The van der Waals surface area contributed by atoms with Gasteiger partial charge in [-0.15, -0.1) is 0 Å². The van der Waals surface area contributed by atoms with Gasteiger partial charge in [0.25, 0.3) is 0 Å². The molecule has 2 aliphatic carbocycles. The van der Waals surface area contributed by atoms with Crippen LogP contribution in [-0.2, 0) is 5.41 Å². The lowest BCUT2D eigenvalue weighted by Crippen LogP contribution is -2.26. The zero-order valence-corrected chi connectivity index (χ0v) is 32.1. The van der Waals surface area contributed by atoms with E-state index in [2.05, 4.69) is 217 Å². The molecule has 2 aliphatic rings. The minimum atomic E-state index is -0.448. The summed E-state index contributed by atoms with van der Waals surface area (Å²) < 4.78 is 6.58. The first-order chi connectivity index (χ1) is 29.3. The fourth-order valence-corrected chi connectivity index (χ4v) is 10.6. The first-order valence-corrected chi connectivity index (χ1v) is 20.4. The quantitative estimate of drug-likeness (QED) is 0.178. The number of anilines is 3. The van der Waals surface area contributed by atoms with Gasteiger partial charge in [0.15, 0.2) is 0 Å². The fraction of sp³-hybridized carbons (Fsp3) is 0.0175. The van der Waals surface area contributed by atoms with E-state index >= 15 is 0 Å². The molecule has 11 aromatic rings. The Morgan fingerprint density at radius 1 is 0.339 bits per heavy atom. The first-order valence-electron chi connectivity index (χ1n) is 20.4. The van der Waals surface area contributed by atoms with Crippen molar-refractivity contribution in [1.29, 1.82) is 0 Å². The third-order valence-corrected chi connectivity index (χ3v) is 13.1. The first kappa shape index (κ1) is 32.4. The second-order valence-electron chi connectivity index (χ2n) is 15.9. The van der Waals surface area contributed by atoms with E-state index in [0.29, 0.717) is 0 Å². The number of hydrogen-bond donors (Lipinski definition) is 0. The molecule has 59 heavy (non-hydrogen) atoms. The summed E-state index contributed by atoms with van der Waals surface area (Å²) in [5.74, 6) is 0. The minimum Gasteiger partial charge on any atom is -0.455 e. The summed E-state index contributed by atoms with van der Waals surface area (Å²) in [6.07, 6.45) is 0. The number of nitrogens with zero attached hydrogens (tertiary/aromatic N) is 1. The molecule has 1 heterocycles. The van der Waals surface area contributed by atoms with Crippen LogP contribution in [0, 0.1) is 0 Å². The summed E-state index contributed by atoms with van der Waals surface area (Å²) in [6.45, 7) is 0. The van der Waals surface area contributed by atoms with Crippen LogP contribution < -0.4 is 4.90 Å². The molecule has 2 nitrogen and oxygen atoms in total. The van der Waals surface area contributed by atoms with Crippen molar-refractivity contribution >= 4 is 60.5 Å². The summed E-state index contributed by atoms with van der Waals surface area (Å²) >= 11 is 0. The zero-order valence-electron chi connectivity index (χ0n) is 32.1. The van der Waals surface area contributed by atoms with Crippen molar-refractivity contribution < 1.29 is 4.42 Å². The van der Waals surface area contributed by atoms with E-state index in [1.165, 1.54) is 60.7 Å². The van der Waals surface area contributed by atoms with E-state index in [1.807, 2.05) is 0 Å². The maximum absolute atomic E-state index is 6.58. The Hall–Kier alpha value is -7.68. The molecule has 0 saturated heterocycles. The molecule has 0 radical (unpaired) electrons. The Morgan fingerprint density at radius 3 is 1.63 bits per heavy atom. The molecular formula is C57H35NO. The molecule has 0 saturated carbocycles. The molecular weight excluding hydrogens is 715 g/mol. The molecule has 0 unspecified atom stereocenters. The van der Waals surface area contributed by atoms with E-state index in [-0.39, 0.29) is 0 Å². The highest BCUT2D eigenvalue weighted by Crippen LogP contribution is 2.63. The van der Waals surface area contributed by atoms with Crippen molar-refractivity contribution in [1.82, 2.24) is 0 Å². The van der Waals surface area contributed by atoms with Gasteiger partial charge >= 0.3 is 0 Å². The maximum Gasteiger partial charge on any atom is 0.143 e. The van der Waals surface area contributed by atoms with Crippen LogP contribution in [-0.4, -0.2) is 0 Å². The van der Waals surface area contributed by atoms with E-state index in [0.717, 1.165) is 55.5 Å². The average molecular weight is 750 g/mol. The molecule has 0 amide bonds. The number of fused-ring (bicyclic) bond motifs is 16. The van der Waals surface area contributed by atoms with Crippen LogP contribution in [0.4, 0.5) is 17.1 Å². The molecule has 0 fully saturated rings. The third-order valence-electron chi connectivity index (χ3n) is 13.1. The molecule has 2 heteroatoms. The number of furan rings is 1. The average Bonchev–Trinajstić information content (AvgIpc) is 3.93. The SMILES string of the molecule is c1ccc(N(c2ccc3c(c2)C2(c4ccccc4-c4ccccc42)c2ccccc2-3)c2cccc3ccccc23)c(-c2ccc3oc4c5ccccc5ccc4c3c2)c1. The van der Waals surface area contributed by atoms with Crippen LogP contribution >= 0.6 is 0 Å². The Morgan fingerprint density at radius 2 is 0.898 bits per heavy atom. The summed E-state index contributed by atoms with van der Waals surface area (Å²) in [6, 6.07) is 78.2. The summed E-state index contributed by atoms with van der Waals surface area (Å²) in [4.78, 5) is 2.49. The van der Waals surface area contributed by atoms with Gasteiger partial charge in [-0.1, -0.05) is 170 Å². The second-order valence-corrected chi connectivity index (χ2v) is 15.9. The third kappa shape index (κ3) is 4.40. The number of rotatable bonds is 4. The summed E-state index contributed by atoms with van der Waals surface area (Å²) in [5.41, 5.74) is 17.6. The van der Waals surface area contributed by atoms with Crippen molar-refractivity contribution in [2.24, 2.45) is 0 Å². The van der Waals surface area contributed by atoms with Gasteiger partial charge in [0, 0.05) is 32.8 Å². The van der Waals surface area contributed by atoms with Crippen LogP contribution in [0.25, 0.3) is 76.9 Å². The minimum absolute atomic E-state index is 0.448. The summed E-state index contributed by atoms with van der Waals surface area (Å²) in [7, 11) is 0. The normalized spacial score (nSPS) is 13.2. The van der Waals surface area contributed by atoms with Gasteiger partial charge < -0.3 is 9.32 Å². The number of benzene rings is 10. The summed E-state index contributed by atoms with van der Waals surface area (Å²) in [5, 5.41) is 6.96. The monoisotopic (exact) mass is 749 g/mol. The smallest absolute Gasteiger partial charge is 0.143 e. The molecule has 0 bridgehead atoms. The number of hydrogen-bond acceptors (Lipinski definition) is 2. The molecule has 0 N–H and O–H groups in total. The predicted molar refractivity (Wildman–Crippen MR) is 245 cm³/mol. The van der Waals surface area contributed by atoms with Gasteiger partial charge in [0.1, 0.15) is 11.2 Å². The van der Waals surface area contributed by atoms with E-state index in [1.54, 1.807) is 0 Å². The van der Waals surface area contributed by atoms with Gasteiger partial charge in [-0.05, 0) is 103 Å². The van der Waals surface area contributed by atoms with Crippen molar-refractivity contribution in [3.05, 3.63) is 235 Å². The van der Waals surface area contributed by atoms with Gasteiger partial charge in [-0.25, -0.2) is 0 Å². The lowest BCUT2D eigenvalue weighted by molar-refractivity contribution is 0.672. The molecule has 274 valence electrons. The lowest BCUT2D eigenvalue weighted by Gasteiger charge is -2.33. The van der Waals surface area contributed by atoms with Crippen molar-refractivity contribution in [2.45, 2.75) is 5.41 Å². The van der Waals surface area contributed by atoms with Gasteiger partial charge in [-0.2, -0.15) is 0 Å². The van der Waals surface area contributed by atoms with Crippen molar-refractivity contribution in [3.8, 4) is 33.4 Å². The Kier molecular flexibility index (Phi) is 6.68. The Labute approximate surface area is 341 Å². The highest BCUT2D eigenvalue weighted by molar-refractivity contribution is 6.16. The zero-order chi connectivity index (χ0) is 38.7. The van der Waals surface area contributed by atoms with Gasteiger partial charge in [0.2, 0.25) is 0 Å². The topological polar surface area (TPSA) is 16.4 Å². The second kappa shape index (κ2) is 12.2. The number of para-hydroxylation sites is 1. The molecule has 1 aromatic heterocycles. The van der Waals surface area contributed by atoms with Crippen LogP contribution in [0.15, 0.2) is 217 Å². The van der Waals surface area contributed by atoms with Crippen molar-refractivity contribution in [3.63, 3.8) is 0 Å². The Balaban J connectivity index is 1.08. The van der Waals surface area contributed by atoms with E-state index < -0.39 is 5.41 Å². The molecule has 13 rings (SSSR count).